The molecule has 0 radical (unpaired) electrons. The molecule has 0 N–H and O–H groups in total. The van der Waals surface area contributed by atoms with Crippen molar-refractivity contribution >= 4 is 23.1 Å². The highest BCUT2D eigenvalue weighted by Gasteiger charge is 2.19. The normalized spacial score (nSPS) is 15.6. The fraction of sp³-hybridized carbons (Fsp3) is 0.571. The summed E-state index contributed by atoms with van der Waals surface area (Å²) in [6.07, 6.45) is 4.76. The highest BCUT2D eigenvalue weighted by molar-refractivity contribution is 7.99. The second-order valence-electron chi connectivity index (χ2n) is 5.27. The lowest BCUT2D eigenvalue weighted by Crippen LogP contribution is -2.30. The van der Waals surface area contributed by atoms with Crippen molar-refractivity contribution in [2.24, 2.45) is 0 Å². The maximum atomic E-state index is 11.0. The number of hydrogen-bond donors (Lipinski definition) is 0. The van der Waals surface area contributed by atoms with Gasteiger partial charge in [-0.3, -0.25) is 20.2 Å². The Balaban J connectivity index is 1.88. The van der Waals surface area contributed by atoms with Gasteiger partial charge in [0.15, 0.2) is 0 Å². The Morgan fingerprint density at radius 3 is 2.45 bits per heavy atom. The molecular formula is C14H19N3O4S. The van der Waals surface area contributed by atoms with Crippen molar-refractivity contribution < 1.29 is 9.85 Å². The minimum absolute atomic E-state index is 0.183. The highest BCUT2D eigenvalue weighted by atomic mass is 32.2. The van der Waals surface area contributed by atoms with E-state index in [9.17, 15) is 20.2 Å². The molecule has 0 spiro atoms. The van der Waals surface area contributed by atoms with Gasteiger partial charge in [-0.2, -0.15) is 0 Å². The third kappa shape index (κ3) is 4.67. The Hall–Kier alpha value is -1.67. The molecule has 0 atom stereocenters. The first-order valence-corrected chi connectivity index (χ1v) is 8.34. The Morgan fingerprint density at radius 2 is 1.82 bits per heavy atom. The Labute approximate surface area is 133 Å². The van der Waals surface area contributed by atoms with Crippen molar-refractivity contribution in [2.45, 2.75) is 30.6 Å². The van der Waals surface area contributed by atoms with Gasteiger partial charge in [-0.25, -0.2) is 0 Å². The van der Waals surface area contributed by atoms with Gasteiger partial charge in [0.2, 0.25) is 0 Å². The predicted octanol–water partition coefficient (Wildman–Crippen LogP) is 3.47. The van der Waals surface area contributed by atoms with Gasteiger partial charge < -0.3 is 4.90 Å². The molecule has 0 bridgehead atoms. The first-order chi connectivity index (χ1) is 10.6. The fourth-order valence-electron chi connectivity index (χ4n) is 2.54. The maximum Gasteiger partial charge on any atom is 0.289 e. The van der Waals surface area contributed by atoms with E-state index in [1.54, 1.807) is 0 Å². The average molecular weight is 325 g/mol. The van der Waals surface area contributed by atoms with Crippen LogP contribution < -0.4 is 0 Å². The van der Waals surface area contributed by atoms with Gasteiger partial charge in [0.1, 0.15) is 0 Å². The van der Waals surface area contributed by atoms with E-state index in [4.69, 9.17) is 0 Å². The van der Waals surface area contributed by atoms with Crippen LogP contribution in [0.3, 0.4) is 0 Å². The smallest absolute Gasteiger partial charge is 0.289 e. The summed E-state index contributed by atoms with van der Waals surface area (Å²) in [6, 6.07) is 3.83. The number of nitro groups is 2. The Kier molecular flexibility index (Phi) is 6.14. The van der Waals surface area contributed by atoms with Gasteiger partial charge in [0.05, 0.1) is 20.8 Å². The number of nitro benzene ring substituents is 2. The number of hydrogen-bond acceptors (Lipinski definition) is 6. The molecule has 1 saturated heterocycles. The van der Waals surface area contributed by atoms with Crippen molar-refractivity contribution in [1.29, 1.82) is 0 Å². The van der Waals surface area contributed by atoms with E-state index in [2.05, 4.69) is 4.90 Å². The molecule has 120 valence electrons. The number of likely N-dealkylation sites (tertiary alicyclic amines) is 1. The lowest BCUT2D eigenvalue weighted by molar-refractivity contribution is -0.396. The number of nitrogens with zero attached hydrogens (tertiary/aromatic N) is 3. The molecule has 7 nitrogen and oxygen atoms in total. The van der Waals surface area contributed by atoms with E-state index in [1.165, 1.54) is 43.2 Å². The molecule has 1 fully saturated rings. The van der Waals surface area contributed by atoms with Crippen LogP contribution in [0.5, 0.6) is 0 Å². The van der Waals surface area contributed by atoms with Crippen LogP contribution in [-0.2, 0) is 0 Å². The van der Waals surface area contributed by atoms with Crippen molar-refractivity contribution in [3.8, 4) is 0 Å². The fourth-order valence-corrected chi connectivity index (χ4v) is 3.48. The van der Waals surface area contributed by atoms with Gasteiger partial charge in [-0.05, 0) is 50.7 Å². The summed E-state index contributed by atoms with van der Waals surface area (Å²) in [5.74, 6) is 0.773. The standard InChI is InChI=1S/C14H19N3O4S/c18-16(19)12-5-6-14(13(11-12)17(20)21)22-10-4-9-15-7-2-1-3-8-15/h5-6,11H,1-4,7-10H2. The van der Waals surface area contributed by atoms with Crippen LogP contribution in [0.25, 0.3) is 0 Å². The SMILES string of the molecule is O=[N+]([O-])c1ccc(SCCCN2CCCCC2)c([N+](=O)[O-])c1. The summed E-state index contributed by atoms with van der Waals surface area (Å²) in [6.45, 7) is 3.29. The molecular weight excluding hydrogens is 306 g/mol. The quantitative estimate of drug-likeness (QED) is 0.330. The van der Waals surface area contributed by atoms with E-state index in [0.29, 0.717) is 4.90 Å². The second-order valence-corrected chi connectivity index (χ2v) is 6.41. The van der Waals surface area contributed by atoms with Crippen LogP contribution in [0.2, 0.25) is 0 Å². The molecule has 0 amide bonds. The number of benzene rings is 1. The van der Waals surface area contributed by atoms with Gasteiger partial charge in [0, 0.05) is 6.07 Å². The zero-order valence-corrected chi connectivity index (χ0v) is 13.1. The number of rotatable bonds is 7. The molecule has 1 aromatic carbocycles. The summed E-state index contributed by atoms with van der Waals surface area (Å²) in [4.78, 5) is 23.5. The van der Waals surface area contributed by atoms with Crippen LogP contribution in [0, 0.1) is 20.2 Å². The summed E-state index contributed by atoms with van der Waals surface area (Å²) < 4.78 is 0. The van der Waals surface area contributed by atoms with Gasteiger partial charge >= 0.3 is 0 Å². The van der Waals surface area contributed by atoms with E-state index in [-0.39, 0.29) is 11.4 Å². The Bertz CT molecular complexity index is 547. The van der Waals surface area contributed by atoms with Crippen LogP contribution in [0.4, 0.5) is 11.4 Å². The van der Waals surface area contributed by atoms with E-state index in [1.807, 2.05) is 0 Å². The van der Waals surface area contributed by atoms with Gasteiger partial charge in [-0.1, -0.05) is 6.42 Å². The van der Waals surface area contributed by atoms with Crippen molar-refractivity contribution in [2.75, 3.05) is 25.4 Å². The molecule has 1 aliphatic rings. The van der Waals surface area contributed by atoms with E-state index < -0.39 is 9.85 Å². The molecule has 0 saturated carbocycles. The topological polar surface area (TPSA) is 89.5 Å². The summed E-state index contributed by atoms with van der Waals surface area (Å²) in [5, 5.41) is 21.7. The van der Waals surface area contributed by atoms with Gasteiger partial charge in [0.25, 0.3) is 11.4 Å². The third-order valence-electron chi connectivity index (χ3n) is 3.67. The summed E-state index contributed by atoms with van der Waals surface area (Å²) in [5.41, 5.74) is -0.429. The molecule has 0 aliphatic carbocycles. The monoisotopic (exact) mass is 325 g/mol. The minimum Gasteiger partial charge on any atom is -0.303 e. The molecule has 22 heavy (non-hydrogen) atoms. The number of thioether (sulfide) groups is 1. The third-order valence-corrected chi connectivity index (χ3v) is 4.82. The van der Waals surface area contributed by atoms with Crippen LogP contribution in [-0.4, -0.2) is 40.1 Å². The van der Waals surface area contributed by atoms with Crippen LogP contribution in [0.1, 0.15) is 25.7 Å². The largest absolute Gasteiger partial charge is 0.303 e. The zero-order valence-electron chi connectivity index (χ0n) is 12.3. The molecule has 1 heterocycles. The molecule has 0 aromatic heterocycles. The summed E-state index contributed by atoms with van der Waals surface area (Å²) in [7, 11) is 0. The number of non-ortho nitro benzene ring substituents is 1. The lowest BCUT2D eigenvalue weighted by atomic mass is 10.1. The van der Waals surface area contributed by atoms with Gasteiger partial charge in [-0.15, -0.1) is 11.8 Å². The van der Waals surface area contributed by atoms with Crippen molar-refractivity contribution in [3.05, 3.63) is 38.4 Å². The van der Waals surface area contributed by atoms with Crippen molar-refractivity contribution in [1.82, 2.24) is 4.90 Å². The molecule has 2 rings (SSSR count). The minimum atomic E-state index is -0.613. The first-order valence-electron chi connectivity index (χ1n) is 7.36. The molecule has 8 heteroatoms. The molecule has 1 aliphatic heterocycles. The first kappa shape index (κ1) is 16.7. The average Bonchev–Trinajstić information content (AvgIpc) is 2.52. The van der Waals surface area contributed by atoms with E-state index in [0.717, 1.165) is 37.9 Å². The molecule has 0 unspecified atom stereocenters. The van der Waals surface area contributed by atoms with Crippen LogP contribution in [0.15, 0.2) is 23.1 Å². The van der Waals surface area contributed by atoms with Crippen LogP contribution >= 0.6 is 11.8 Å². The zero-order chi connectivity index (χ0) is 15.9. The predicted molar refractivity (Wildman–Crippen MR) is 85.4 cm³/mol. The molecule has 1 aromatic rings. The van der Waals surface area contributed by atoms with E-state index >= 15 is 0 Å². The number of piperidine rings is 1. The highest BCUT2D eigenvalue weighted by Crippen LogP contribution is 2.32. The summed E-state index contributed by atoms with van der Waals surface area (Å²) >= 11 is 1.39. The maximum absolute atomic E-state index is 11.0. The lowest BCUT2D eigenvalue weighted by Gasteiger charge is -2.26. The second kappa shape index (κ2) is 8.09. The van der Waals surface area contributed by atoms with Crippen molar-refractivity contribution in [3.63, 3.8) is 0 Å². The Morgan fingerprint density at radius 1 is 1.09 bits per heavy atom.